The lowest BCUT2D eigenvalue weighted by atomic mass is 10.1. The summed E-state index contributed by atoms with van der Waals surface area (Å²) in [5.41, 5.74) is 0. The number of para-hydroxylation sites is 1. The van der Waals surface area contributed by atoms with E-state index < -0.39 is 23.4 Å². The average molecular weight is 267 g/mol. The molecule has 0 fully saturated rings. The zero-order valence-electron chi connectivity index (χ0n) is 10.5. The number of nitro groups is 1. The van der Waals surface area contributed by atoms with E-state index in [1.807, 2.05) is 30.3 Å². The highest BCUT2D eigenvalue weighted by Gasteiger charge is 2.22. The smallest absolute Gasteiger partial charge is 0.310 e. The fraction of sp³-hybridized carbons (Fsp3) is 0.462. The first kappa shape index (κ1) is 14.9. The van der Waals surface area contributed by atoms with Gasteiger partial charge in [-0.2, -0.15) is 0 Å². The number of carboxylic acids is 1. The van der Waals surface area contributed by atoms with E-state index in [4.69, 9.17) is 9.84 Å². The van der Waals surface area contributed by atoms with Crippen molar-refractivity contribution in [2.24, 2.45) is 0 Å². The number of hydrogen-bond donors (Lipinski definition) is 1. The second-order valence-corrected chi connectivity index (χ2v) is 4.19. The van der Waals surface area contributed by atoms with Gasteiger partial charge in [-0.1, -0.05) is 18.2 Å². The largest absolute Gasteiger partial charge is 0.494 e. The van der Waals surface area contributed by atoms with Gasteiger partial charge < -0.3 is 9.84 Å². The molecule has 0 saturated heterocycles. The van der Waals surface area contributed by atoms with Crippen LogP contribution in [-0.4, -0.2) is 28.6 Å². The summed E-state index contributed by atoms with van der Waals surface area (Å²) < 4.78 is 5.44. The first-order chi connectivity index (χ1) is 9.09. The molecule has 0 aromatic heterocycles. The van der Waals surface area contributed by atoms with E-state index in [1.54, 1.807) is 0 Å². The Bertz CT molecular complexity index is 407. The molecule has 1 aromatic rings. The molecule has 0 aliphatic heterocycles. The number of hydrogen-bond acceptors (Lipinski definition) is 4. The van der Waals surface area contributed by atoms with Crippen LogP contribution in [0.15, 0.2) is 30.3 Å². The summed E-state index contributed by atoms with van der Waals surface area (Å²) >= 11 is 0. The van der Waals surface area contributed by atoms with Crippen molar-refractivity contribution in [3.63, 3.8) is 0 Å². The fourth-order valence-corrected chi connectivity index (χ4v) is 1.67. The quantitative estimate of drug-likeness (QED) is 0.421. The van der Waals surface area contributed by atoms with Gasteiger partial charge in [-0.25, -0.2) is 0 Å². The summed E-state index contributed by atoms with van der Waals surface area (Å²) in [6.07, 6.45) is 1.08. The minimum absolute atomic E-state index is 0.261. The molecule has 1 N–H and O–H groups in total. The van der Waals surface area contributed by atoms with Crippen molar-refractivity contribution < 1.29 is 19.6 Å². The van der Waals surface area contributed by atoms with Gasteiger partial charge in [0.1, 0.15) is 12.2 Å². The van der Waals surface area contributed by atoms with Crippen LogP contribution < -0.4 is 4.74 Å². The third-order valence-corrected chi connectivity index (χ3v) is 2.65. The van der Waals surface area contributed by atoms with Crippen molar-refractivity contribution in [2.45, 2.75) is 31.7 Å². The molecule has 6 nitrogen and oxygen atoms in total. The number of benzene rings is 1. The summed E-state index contributed by atoms with van der Waals surface area (Å²) in [4.78, 5) is 20.6. The van der Waals surface area contributed by atoms with Gasteiger partial charge in [-0.05, 0) is 25.0 Å². The lowest BCUT2D eigenvalue weighted by Crippen LogP contribution is -2.23. The van der Waals surface area contributed by atoms with Gasteiger partial charge in [0.15, 0.2) is 0 Å². The molecular formula is C13H17NO5. The number of unbranched alkanes of at least 4 members (excludes halogenated alkanes) is 1. The van der Waals surface area contributed by atoms with Crippen molar-refractivity contribution in [1.82, 2.24) is 0 Å². The van der Waals surface area contributed by atoms with Crippen LogP contribution in [0.4, 0.5) is 0 Å². The SMILES string of the molecule is O=C(O)CC(CCCCOc1ccccc1)[N+](=O)[O-]. The van der Waals surface area contributed by atoms with Crippen molar-refractivity contribution in [2.75, 3.05) is 6.61 Å². The molecule has 1 aromatic carbocycles. The molecule has 104 valence electrons. The highest BCUT2D eigenvalue weighted by molar-refractivity contribution is 5.67. The predicted octanol–water partition coefficient (Wildman–Crippen LogP) is 2.36. The van der Waals surface area contributed by atoms with Gasteiger partial charge in [0.05, 0.1) is 6.61 Å². The van der Waals surface area contributed by atoms with Gasteiger partial charge >= 0.3 is 5.97 Å². The minimum Gasteiger partial charge on any atom is -0.494 e. The second kappa shape index (κ2) is 8.07. The zero-order chi connectivity index (χ0) is 14.1. The van der Waals surface area contributed by atoms with Gasteiger partial charge in [0.25, 0.3) is 0 Å². The fourth-order valence-electron chi connectivity index (χ4n) is 1.67. The first-order valence-corrected chi connectivity index (χ1v) is 6.12. The number of rotatable bonds is 9. The summed E-state index contributed by atoms with van der Waals surface area (Å²) in [6.45, 7) is 0.474. The third kappa shape index (κ3) is 6.40. The lowest BCUT2D eigenvalue weighted by molar-refractivity contribution is -0.522. The molecule has 1 rings (SSSR count). The number of ether oxygens (including phenoxy) is 1. The molecule has 0 aliphatic carbocycles. The summed E-state index contributed by atoms with van der Waals surface area (Å²) in [5.74, 6) is -0.374. The summed E-state index contributed by atoms with van der Waals surface area (Å²) in [7, 11) is 0. The van der Waals surface area contributed by atoms with E-state index in [0.717, 1.165) is 5.75 Å². The topological polar surface area (TPSA) is 89.7 Å². The number of aliphatic carboxylic acids is 1. The van der Waals surface area contributed by atoms with Gasteiger partial charge in [0.2, 0.25) is 6.04 Å². The van der Waals surface area contributed by atoms with Crippen LogP contribution in [0.3, 0.4) is 0 Å². The predicted molar refractivity (Wildman–Crippen MR) is 68.8 cm³/mol. The molecule has 19 heavy (non-hydrogen) atoms. The Balaban J connectivity index is 2.18. The molecule has 0 amide bonds. The second-order valence-electron chi connectivity index (χ2n) is 4.19. The van der Waals surface area contributed by atoms with Crippen LogP contribution in [-0.2, 0) is 4.79 Å². The normalized spacial score (nSPS) is 11.8. The van der Waals surface area contributed by atoms with Crippen LogP contribution in [0.5, 0.6) is 5.75 Å². The maximum absolute atomic E-state index is 10.6. The highest BCUT2D eigenvalue weighted by atomic mass is 16.6. The van der Waals surface area contributed by atoms with Crippen LogP contribution >= 0.6 is 0 Å². The lowest BCUT2D eigenvalue weighted by Gasteiger charge is -2.08. The van der Waals surface area contributed by atoms with Crippen LogP contribution in [0.1, 0.15) is 25.7 Å². The highest BCUT2D eigenvalue weighted by Crippen LogP contribution is 2.11. The number of nitrogens with zero attached hydrogens (tertiary/aromatic N) is 1. The molecule has 1 atom stereocenters. The van der Waals surface area contributed by atoms with E-state index in [9.17, 15) is 14.9 Å². The van der Waals surface area contributed by atoms with Crippen LogP contribution in [0.25, 0.3) is 0 Å². The minimum atomic E-state index is -1.14. The zero-order valence-corrected chi connectivity index (χ0v) is 10.5. The third-order valence-electron chi connectivity index (χ3n) is 2.65. The Hall–Kier alpha value is -2.11. The molecule has 1 unspecified atom stereocenters. The van der Waals surface area contributed by atoms with Crippen molar-refractivity contribution in [3.05, 3.63) is 40.4 Å². The Morgan fingerprint density at radius 1 is 1.32 bits per heavy atom. The molecule has 0 radical (unpaired) electrons. The molecule has 0 saturated carbocycles. The Kier molecular flexibility index (Phi) is 6.35. The van der Waals surface area contributed by atoms with E-state index in [2.05, 4.69) is 0 Å². The number of carboxylic acid groups (broad SMARTS) is 1. The van der Waals surface area contributed by atoms with Gasteiger partial charge in [-0.15, -0.1) is 0 Å². The van der Waals surface area contributed by atoms with Crippen molar-refractivity contribution in [1.29, 1.82) is 0 Å². The molecule has 0 heterocycles. The van der Waals surface area contributed by atoms with Gasteiger partial charge in [-0.3, -0.25) is 14.9 Å². The van der Waals surface area contributed by atoms with Crippen LogP contribution in [0, 0.1) is 10.1 Å². The Labute approximate surface area is 111 Å². The molecule has 6 heteroatoms. The standard InChI is InChI=1S/C13H17NO5/c15-13(16)10-11(14(17)18)6-4-5-9-19-12-7-2-1-3-8-12/h1-3,7-8,11H,4-6,9-10H2,(H,15,16). The van der Waals surface area contributed by atoms with E-state index in [1.165, 1.54) is 0 Å². The average Bonchev–Trinajstić information content (AvgIpc) is 2.37. The maximum Gasteiger partial charge on any atom is 0.310 e. The molecule has 0 bridgehead atoms. The maximum atomic E-state index is 10.6. The molecular weight excluding hydrogens is 250 g/mol. The van der Waals surface area contributed by atoms with Crippen LogP contribution in [0.2, 0.25) is 0 Å². The Morgan fingerprint density at radius 3 is 2.58 bits per heavy atom. The number of carbonyl (C=O) groups is 1. The van der Waals surface area contributed by atoms with E-state index in [-0.39, 0.29) is 6.42 Å². The van der Waals surface area contributed by atoms with E-state index >= 15 is 0 Å². The first-order valence-electron chi connectivity index (χ1n) is 6.12. The molecule has 0 spiro atoms. The van der Waals surface area contributed by atoms with Crippen molar-refractivity contribution in [3.8, 4) is 5.75 Å². The summed E-state index contributed by atoms with van der Waals surface area (Å²) in [6, 6.07) is 8.29. The van der Waals surface area contributed by atoms with Gasteiger partial charge in [0, 0.05) is 11.3 Å². The Morgan fingerprint density at radius 2 is 2.00 bits per heavy atom. The van der Waals surface area contributed by atoms with E-state index in [0.29, 0.717) is 19.4 Å². The summed E-state index contributed by atoms with van der Waals surface area (Å²) in [5, 5.41) is 19.2. The van der Waals surface area contributed by atoms with Crippen molar-refractivity contribution >= 4 is 5.97 Å². The molecule has 0 aliphatic rings. The monoisotopic (exact) mass is 267 g/mol.